The van der Waals surface area contributed by atoms with Crippen LogP contribution in [-0.2, 0) is 28.7 Å². The van der Waals surface area contributed by atoms with Crippen molar-refractivity contribution in [1.82, 2.24) is 0 Å². The number of esters is 2. The Morgan fingerprint density at radius 2 is 1.72 bits per heavy atom. The minimum atomic E-state index is -1.12. The SMILES string of the molecule is CC(C)C(CC(=O)OC1C(=O)OC2CC3C(C)CC(=O)C(=O)C3(C)C3CCC(C)C1C23CO)C(C)C. The molecule has 0 amide bonds. The van der Waals surface area contributed by atoms with Crippen LogP contribution in [0.2, 0.25) is 0 Å². The summed E-state index contributed by atoms with van der Waals surface area (Å²) in [6.07, 6.45) is 0.563. The molecule has 0 bridgehead atoms. The van der Waals surface area contributed by atoms with E-state index < -0.39 is 40.9 Å². The average molecular weight is 505 g/mol. The first-order valence-electron chi connectivity index (χ1n) is 13.9. The normalized spacial score (nSPS) is 42.3. The fourth-order valence-corrected chi connectivity index (χ4v) is 9.02. The van der Waals surface area contributed by atoms with Gasteiger partial charge in [0.25, 0.3) is 0 Å². The van der Waals surface area contributed by atoms with Crippen LogP contribution in [0.25, 0.3) is 0 Å². The van der Waals surface area contributed by atoms with E-state index in [1.54, 1.807) is 0 Å². The summed E-state index contributed by atoms with van der Waals surface area (Å²) in [4.78, 5) is 52.8. The van der Waals surface area contributed by atoms with Gasteiger partial charge in [0.1, 0.15) is 6.10 Å². The minimum absolute atomic E-state index is 0.00653. The zero-order valence-corrected chi connectivity index (χ0v) is 22.9. The van der Waals surface area contributed by atoms with Gasteiger partial charge >= 0.3 is 11.9 Å². The first kappa shape index (κ1) is 27.3. The van der Waals surface area contributed by atoms with Crippen molar-refractivity contribution < 1.29 is 33.8 Å². The zero-order valence-electron chi connectivity index (χ0n) is 22.9. The lowest BCUT2D eigenvalue weighted by Crippen LogP contribution is -2.73. The minimum Gasteiger partial charge on any atom is -0.459 e. The third kappa shape index (κ3) is 3.86. The topological polar surface area (TPSA) is 107 Å². The molecule has 202 valence electrons. The summed E-state index contributed by atoms with van der Waals surface area (Å²) in [5.74, 6) is -1.89. The van der Waals surface area contributed by atoms with E-state index >= 15 is 0 Å². The molecular formula is C29H44O7. The molecule has 7 nitrogen and oxygen atoms in total. The summed E-state index contributed by atoms with van der Waals surface area (Å²) in [7, 11) is 0. The van der Waals surface area contributed by atoms with Crippen LogP contribution in [0.4, 0.5) is 0 Å². The summed E-state index contributed by atoms with van der Waals surface area (Å²) in [6, 6.07) is 0. The molecular weight excluding hydrogens is 460 g/mol. The van der Waals surface area contributed by atoms with E-state index in [1.165, 1.54) is 0 Å². The quantitative estimate of drug-likeness (QED) is 0.431. The molecule has 4 rings (SSSR count). The second kappa shape index (κ2) is 9.52. The van der Waals surface area contributed by atoms with E-state index in [2.05, 4.69) is 27.7 Å². The molecule has 0 aromatic carbocycles. The van der Waals surface area contributed by atoms with E-state index in [0.29, 0.717) is 12.8 Å². The summed E-state index contributed by atoms with van der Waals surface area (Å²) < 4.78 is 11.9. The number of rotatable bonds is 6. The highest BCUT2D eigenvalue weighted by molar-refractivity contribution is 6.40. The number of fused-ring (bicyclic) bond motifs is 2. The second-order valence-electron chi connectivity index (χ2n) is 13.2. The van der Waals surface area contributed by atoms with E-state index in [0.717, 1.165) is 6.42 Å². The molecule has 7 heteroatoms. The second-order valence-corrected chi connectivity index (χ2v) is 13.2. The summed E-state index contributed by atoms with van der Waals surface area (Å²) in [5.41, 5.74) is -1.85. The highest BCUT2D eigenvalue weighted by atomic mass is 16.6. The Balaban J connectivity index is 1.72. The molecule has 4 fully saturated rings. The highest BCUT2D eigenvalue weighted by Gasteiger charge is 2.73. The molecule has 0 aromatic heterocycles. The molecule has 9 unspecified atom stereocenters. The van der Waals surface area contributed by atoms with Gasteiger partial charge in [0.2, 0.25) is 11.9 Å². The lowest BCUT2D eigenvalue weighted by Gasteiger charge is -2.67. The van der Waals surface area contributed by atoms with Gasteiger partial charge in [-0.3, -0.25) is 14.4 Å². The van der Waals surface area contributed by atoms with Gasteiger partial charge in [0.05, 0.1) is 6.61 Å². The van der Waals surface area contributed by atoms with Crippen LogP contribution in [0.1, 0.15) is 80.6 Å². The summed E-state index contributed by atoms with van der Waals surface area (Å²) in [5, 5.41) is 11.0. The molecule has 1 saturated heterocycles. The summed E-state index contributed by atoms with van der Waals surface area (Å²) in [6.45, 7) is 14.0. The van der Waals surface area contributed by atoms with Gasteiger partial charge < -0.3 is 14.6 Å². The number of aliphatic hydroxyl groups excluding tert-OH is 1. The predicted molar refractivity (Wildman–Crippen MR) is 132 cm³/mol. The van der Waals surface area contributed by atoms with E-state index in [1.807, 2.05) is 20.8 Å². The van der Waals surface area contributed by atoms with Crippen LogP contribution in [0.15, 0.2) is 0 Å². The van der Waals surface area contributed by atoms with Crippen molar-refractivity contribution in [1.29, 1.82) is 0 Å². The van der Waals surface area contributed by atoms with Crippen molar-refractivity contribution in [2.75, 3.05) is 6.61 Å². The highest BCUT2D eigenvalue weighted by Crippen LogP contribution is 2.68. The third-order valence-electron chi connectivity index (χ3n) is 10.8. The number of ether oxygens (including phenoxy) is 2. The van der Waals surface area contributed by atoms with E-state index in [4.69, 9.17) is 9.47 Å². The van der Waals surface area contributed by atoms with Gasteiger partial charge in [0.15, 0.2) is 5.78 Å². The van der Waals surface area contributed by atoms with Crippen LogP contribution in [0.3, 0.4) is 0 Å². The molecule has 0 spiro atoms. The van der Waals surface area contributed by atoms with Crippen molar-refractivity contribution in [2.45, 2.75) is 92.8 Å². The van der Waals surface area contributed by atoms with Crippen LogP contribution in [-0.4, -0.2) is 47.4 Å². The Bertz CT molecular complexity index is 917. The Morgan fingerprint density at radius 1 is 1.08 bits per heavy atom. The van der Waals surface area contributed by atoms with Crippen molar-refractivity contribution >= 4 is 23.5 Å². The predicted octanol–water partition coefficient (Wildman–Crippen LogP) is 3.99. The van der Waals surface area contributed by atoms with Gasteiger partial charge in [-0.2, -0.15) is 0 Å². The fraction of sp³-hybridized carbons (Fsp3) is 0.862. The smallest absolute Gasteiger partial charge is 0.348 e. The first-order valence-corrected chi connectivity index (χ1v) is 13.9. The lowest BCUT2D eigenvalue weighted by molar-refractivity contribution is -0.275. The Hall–Kier alpha value is -1.76. The van der Waals surface area contributed by atoms with Crippen molar-refractivity contribution in [2.24, 2.45) is 58.2 Å². The van der Waals surface area contributed by atoms with Crippen LogP contribution in [0, 0.1) is 58.2 Å². The largest absolute Gasteiger partial charge is 0.459 e. The Labute approximate surface area is 215 Å². The molecule has 36 heavy (non-hydrogen) atoms. The monoisotopic (exact) mass is 504 g/mol. The van der Waals surface area contributed by atoms with Gasteiger partial charge in [-0.25, -0.2) is 4.79 Å². The molecule has 4 aliphatic rings. The Morgan fingerprint density at radius 3 is 2.31 bits per heavy atom. The van der Waals surface area contributed by atoms with Crippen LogP contribution in [0.5, 0.6) is 0 Å². The van der Waals surface area contributed by atoms with Crippen LogP contribution < -0.4 is 0 Å². The molecule has 9 atom stereocenters. The molecule has 1 heterocycles. The van der Waals surface area contributed by atoms with Crippen molar-refractivity contribution in [3.63, 3.8) is 0 Å². The first-order chi connectivity index (χ1) is 16.8. The third-order valence-corrected chi connectivity index (χ3v) is 10.8. The maximum atomic E-state index is 13.5. The number of hydrogen-bond acceptors (Lipinski definition) is 7. The fourth-order valence-electron chi connectivity index (χ4n) is 9.02. The van der Waals surface area contributed by atoms with Crippen molar-refractivity contribution in [3.05, 3.63) is 0 Å². The lowest BCUT2D eigenvalue weighted by atomic mass is 9.38. The van der Waals surface area contributed by atoms with Gasteiger partial charge in [0, 0.05) is 29.6 Å². The number of carbonyl (C=O) groups is 4. The van der Waals surface area contributed by atoms with E-state index in [9.17, 15) is 24.3 Å². The molecule has 0 radical (unpaired) electrons. The molecule has 3 aliphatic carbocycles. The number of ketones is 2. The number of hydrogen-bond donors (Lipinski definition) is 1. The van der Waals surface area contributed by atoms with Gasteiger partial charge in [-0.1, -0.05) is 48.5 Å². The number of carbonyl (C=O) groups excluding carboxylic acids is 4. The average Bonchev–Trinajstić information content (AvgIpc) is 2.80. The zero-order chi connectivity index (χ0) is 26.7. The number of aliphatic hydroxyl groups is 1. The maximum absolute atomic E-state index is 13.5. The summed E-state index contributed by atoms with van der Waals surface area (Å²) >= 11 is 0. The number of Topliss-reactive ketones (excluding diaryl/α,β-unsaturated/α-hetero) is 2. The molecule has 3 saturated carbocycles. The molecule has 1 N–H and O–H groups in total. The molecule has 1 aliphatic heterocycles. The van der Waals surface area contributed by atoms with Gasteiger partial charge in [-0.15, -0.1) is 0 Å². The standard InChI is InChI=1S/C29H44O7/c1-14(2)18(15(3)4)11-23(32)36-25-24-16(5)8-9-21-28(7)19(17(6)10-20(31)26(28)33)12-22(35-27(25)34)29(21,24)13-30/h14-19,21-22,24-25,30H,8-13H2,1-7H3. The van der Waals surface area contributed by atoms with Gasteiger partial charge in [-0.05, 0) is 60.7 Å². The van der Waals surface area contributed by atoms with Crippen molar-refractivity contribution in [3.8, 4) is 0 Å². The van der Waals surface area contributed by atoms with E-state index in [-0.39, 0.29) is 72.4 Å². The molecule has 0 aromatic rings. The maximum Gasteiger partial charge on any atom is 0.348 e. The Kier molecular flexibility index (Phi) is 7.21. The van der Waals surface area contributed by atoms with Crippen LogP contribution >= 0.6 is 0 Å².